The standard InChI is InChI=1S/C18H19ClN6O/c1-11-8-12(2)25(24-11)17-10-21-16(9-20-13(3)26)18(23-17)22-15-6-4-14(19)5-7-15/h4-8,10H,9H2,1-3H3,(H,20,26)(H,22,23). The zero-order valence-corrected chi connectivity index (χ0v) is 15.5. The molecule has 0 fully saturated rings. The van der Waals surface area contributed by atoms with Crippen LogP contribution in [0, 0.1) is 13.8 Å². The maximum absolute atomic E-state index is 11.3. The third-order valence-corrected chi connectivity index (χ3v) is 3.93. The summed E-state index contributed by atoms with van der Waals surface area (Å²) in [5, 5.41) is 11.1. The van der Waals surface area contributed by atoms with Crippen molar-refractivity contribution in [3.8, 4) is 5.82 Å². The Hall–Kier alpha value is -2.93. The summed E-state index contributed by atoms with van der Waals surface area (Å²) >= 11 is 5.94. The number of amides is 1. The largest absolute Gasteiger partial charge is 0.351 e. The molecule has 7 nitrogen and oxygen atoms in total. The molecule has 0 aliphatic heterocycles. The number of carbonyl (C=O) groups is 1. The van der Waals surface area contributed by atoms with E-state index in [-0.39, 0.29) is 12.5 Å². The lowest BCUT2D eigenvalue weighted by molar-refractivity contribution is -0.119. The van der Waals surface area contributed by atoms with Gasteiger partial charge in [-0.15, -0.1) is 0 Å². The van der Waals surface area contributed by atoms with Crippen molar-refractivity contribution >= 4 is 29.0 Å². The number of benzene rings is 1. The number of nitrogens with zero attached hydrogens (tertiary/aromatic N) is 4. The molecule has 0 saturated carbocycles. The Morgan fingerprint density at radius 3 is 2.58 bits per heavy atom. The molecule has 3 rings (SSSR count). The van der Waals surface area contributed by atoms with Gasteiger partial charge >= 0.3 is 0 Å². The number of halogens is 1. The molecule has 8 heteroatoms. The van der Waals surface area contributed by atoms with E-state index in [0.717, 1.165) is 17.1 Å². The van der Waals surface area contributed by atoms with Crippen LogP contribution in [0.2, 0.25) is 5.02 Å². The molecule has 1 aromatic carbocycles. The van der Waals surface area contributed by atoms with Crippen LogP contribution >= 0.6 is 11.6 Å². The van der Waals surface area contributed by atoms with Gasteiger partial charge in [-0.05, 0) is 44.2 Å². The van der Waals surface area contributed by atoms with Gasteiger partial charge in [-0.2, -0.15) is 5.10 Å². The maximum atomic E-state index is 11.3. The van der Waals surface area contributed by atoms with Crippen molar-refractivity contribution < 1.29 is 4.79 Å². The number of aryl methyl sites for hydroxylation is 2. The lowest BCUT2D eigenvalue weighted by Crippen LogP contribution is -2.21. The third-order valence-electron chi connectivity index (χ3n) is 3.67. The molecule has 134 valence electrons. The number of aromatic nitrogens is 4. The van der Waals surface area contributed by atoms with Gasteiger partial charge in [0.15, 0.2) is 11.6 Å². The molecule has 3 aromatic rings. The van der Waals surface area contributed by atoms with Crippen LogP contribution in [-0.4, -0.2) is 25.7 Å². The van der Waals surface area contributed by atoms with Crippen LogP contribution in [0.15, 0.2) is 36.5 Å². The predicted octanol–water partition coefficient (Wildman–Crippen LogP) is 3.31. The smallest absolute Gasteiger partial charge is 0.217 e. The second-order valence-electron chi connectivity index (χ2n) is 5.90. The Balaban J connectivity index is 1.98. The molecular formula is C18H19ClN6O. The normalized spacial score (nSPS) is 10.6. The summed E-state index contributed by atoms with van der Waals surface area (Å²) in [6.07, 6.45) is 1.64. The number of hydrogen-bond donors (Lipinski definition) is 2. The molecule has 0 aliphatic rings. The van der Waals surface area contributed by atoms with E-state index in [9.17, 15) is 4.79 Å². The van der Waals surface area contributed by atoms with Crippen LogP contribution in [-0.2, 0) is 11.3 Å². The highest BCUT2D eigenvalue weighted by atomic mass is 35.5. The summed E-state index contributed by atoms with van der Waals surface area (Å²) in [6, 6.07) is 9.24. The van der Waals surface area contributed by atoms with Crippen LogP contribution in [0.4, 0.5) is 11.5 Å². The summed E-state index contributed by atoms with van der Waals surface area (Å²) in [7, 11) is 0. The minimum Gasteiger partial charge on any atom is -0.351 e. The summed E-state index contributed by atoms with van der Waals surface area (Å²) in [5.74, 6) is 1.01. The molecule has 1 amide bonds. The second kappa shape index (κ2) is 7.53. The number of nitrogens with one attached hydrogen (secondary N) is 2. The Morgan fingerprint density at radius 1 is 1.23 bits per heavy atom. The first-order valence-electron chi connectivity index (χ1n) is 8.09. The van der Waals surface area contributed by atoms with Gasteiger partial charge in [0.2, 0.25) is 5.91 Å². The average Bonchev–Trinajstić information content (AvgIpc) is 2.94. The molecule has 2 N–H and O–H groups in total. The topological polar surface area (TPSA) is 84.7 Å². The summed E-state index contributed by atoms with van der Waals surface area (Å²) in [6.45, 7) is 5.62. The number of anilines is 2. The highest BCUT2D eigenvalue weighted by Crippen LogP contribution is 2.21. The van der Waals surface area contributed by atoms with Crippen LogP contribution < -0.4 is 10.6 Å². The molecule has 0 radical (unpaired) electrons. The molecule has 0 bridgehead atoms. The van der Waals surface area contributed by atoms with Gasteiger partial charge in [0.1, 0.15) is 5.69 Å². The Kier molecular flexibility index (Phi) is 5.18. The molecule has 26 heavy (non-hydrogen) atoms. The number of hydrogen-bond acceptors (Lipinski definition) is 5. The fraction of sp³-hybridized carbons (Fsp3) is 0.222. The highest BCUT2D eigenvalue weighted by molar-refractivity contribution is 6.30. The van der Waals surface area contributed by atoms with E-state index in [0.29, 0.717) is 22.4 Å². The third kappa shape index (κ3) is 4.18. The first kappa shape index (κ1) is 17.9. The van der Waals surface area contributed by atoms with Gasteiger partial charge in [0.05, 0.1) is 18.4 Å². The van der Waals surface area contributed by atoms with Crippen LogP contribution in [0.5, 0.6) is 0 Å². The minimum absolute atomic E-state index is 0.133. The van der Waals surface area contributed by atoms with Crippen molar-refractivity contribution in [2.75, 3.05) is 5.32 Å². The molecule has 0 atom stereocenters. The maximum Gasteiger partial charge on any atom is 0.217 e. The second-order valence-corrected chi connectivity index (χ2v) is 6.34. The van der Waals surface area contributed by atoms with Crippen LogP contribution in [0.25, 0.3) is 5.82 Å². The van der Waals surface area contributed by atoms with Crippen molar-refractivity contribution in [3.63, 3.8) is 0 Å². The number of carbonyl (C=O) groups excluding carboxylic acids is 1. The zero-order chi connectivity index (χ0) is 18.7. The van der Waals surface area contributed by atoms with Crippen LogP contribution in [0.1, 0.15) is 24.0 Å². The van der Waals surface area contributed by atoms with Gasteiger partial charge in [-0.1, -0.05) is 11.6 Å². The lowest BCUT2D eigenvalue weighted by atomic mass is 10.3. The van der Waals surface area contributed by atoms with Gasteiger partial charge in [0, 0.05) is 23.3 Å². The first-order valence-corrected chi connectivity index (χ1v) is 8.47. The SMILES string of the molecule is CC(=O)NCc1ncc(-n2nc(C)cc2C)nc1Nc1ccc(Cl)cc1. The quantitative estimate of drug-likeness (QED) is 0.719. The summed E-state index contributed by atoms with van der Waals surface area (Å²) in [4.78, 5) is 20.4. The van der Waals surface area contributed by atoms with Gasteiger partial charge in [0.25, 0.3) is 0 Å². The van der Waals surface area contributed by atoms with E-state index in [1.54, 1.807) is 23.0 Å². The van der Waals surface area contributed by atoms with Crippen molar-refractivity contribution in [1.82, 2.24) is 25.1 Å². The van der Waals surface area contributed by atoms with E-state index < -0.39 is 0 Å². The Bertz CT molecular complexity index is 935. The van der Waals surface area contributed by atoms with Crippen molar-refractivity contribution in [1.29, 1.82) is 0 Å². The molecule has 0 aliphatic carbocycles. The van der Waals surface area contributed by atoms with E-state index in [1.807, 2.05) is 32.0 Å². The molecular weight excluding hydrogens is 352 g/mol. The molecule has 2 heterocycles. The summed E-state index contributed by atoms with van der Waals surface area (Å²) < 4.78 is 1.73. The first-order chi connectivity index (χ1) is 12.4. The number of rotatable bonds is 5. The van der Waals surface area contributed by atoms with E-state index in [4.69, 9.17) is 11.6 Å². The molecule has 0 spiro atoms. The van der Waals surface area contributed by atoms with Crippen molar-refractivity contribution in [3.05, 3.63) is 58.6 Å². The highest BCUT2D eigenvalue weighted by Gasteiger charge is 2.12. The van der Waals surface area contributed by atoms with Crippen molar-refractivity contribution in [2.24, 2.45) is 0 Å². The van der Waals surface area contributed by atoms with Gasteiger partial charge < -0.3 is 10.6 Å². The average molecular weight is 371 g/mol. The molecule has 2 aromatic heterocycles. The van der Waals surface area contributed by atoms with Gasteiger partial charge in [-0.25, -0.2) is 9.67 Å². The molecule has 0 unspecified atom stereocenters. The van der Waals surface area contributed by atoms with Gasteiger partial charge in [-0.3, -0.25) is 9.78 Å². The lowest BCUT2D eigenvalue weighted by Gasteiger charge is -2.13. The van der Waals surface area contributed by atoms with E-state index in [2.05, 4.69) is 25.7 Å². The fourth-order valence-corrected chi connectivity index (χ4v) is 2.60. The van der Waals surface area contributed by atoms with E-state index in [1.165, 1.54) is 6.92 Å². The molecule has 0 saturated heterocycles. The zero-order valence-electron chi connectivity index (χ0n) is 14.7. The monoisotopic (exact) mass is 370 g/mol. The van der Waals surface area contributed by atoms with E-state index >= 15 is 0 Å². The van der Waals surface area contributed by atoms with Crippen molar-refractivity contribution in [2.45, 2.75) is 27.3 Å². The Labute approximate surface area is 156 Å². The van der Waals surface area contributed by atoms with Crippen LogP contribution in [0.3, 0.4) is 0 Å². The fourth-order valence-electron chi connectivity index (χ4n) is 2.48. The summed E-state index contributed by atoms with van der Waals surface area (Å²) in [5.41, 5.74) is 3.31. The minimum atomic E-state index is -0.133. The Morgan fingerprint density at radius 2 is 1.96 bits per heavy atom. The predicted molar refractivity (Wildman–Crippen MR) is 101 cm³/mol.